The molecule has 4 unspecified atom stereocenters. The molecule has 2 heterocycles. The second-order valence-corrected chi connectivity index (χ2v) is 7.99. The highest BCUT2D eigenvalue weighted by molar-refractivity contribution is 14.0. The average molecular weight is 489 g/mol. The van der Waals surface area contributed by atoms with Crippen molar-refractivity contribution in [1.29, 1.82) is 0 Å². The van der Waals surface area contributed by atoms with Crippen LogP contribution in [0.3, 0.4) is 0 Å². The first-order chi connectivity index (χ1) is 12.6. The Hall–Kier alpha value is -0.800. The number of hydrogen-bond donors (Lipinski definition) is 3. The maximum absolute atomic E-state index is 10.3. The van der Waals surface area contributed by atoms with E-state index in [9.17, 15) is 5.11 Å². The van der Waals surface area contributed by atoms with E-state index >= 15 is 0 Å². The van der Waals surface area contributed by atoms with Gasteiger partial charge >= 0.3 is 0 Å². The van der Waals surface area contributed by atoms with Crippen molar-refractivity contribution < 1.29 is 14.3 Å². The molecule has 1 aromatic heterocycles. The minimum Gasteiger partial charge on any atom is -0.464 e. The fourth-order valence-electron chi connectivity index (χ4n) is 5.27. The van der Waals surface area contributed by atoms with E-state index < -0.39 is 6.10 Å². The smallest absolute Gasteiger partial charge is 0.191 e. The van der Waals surface area contributed by atoms with Crippen molar-refractivity contribution in [3.05, 3.63) is 23.7 Å². The number of rotatable bonds is 5. The molecule has 6 nitrogen and oxygen atoms in total. The Morgan fingerprint density at radius 2 is 2.15 bits per heavy atom. The summed E-state index contributed by atoms with van der Waals surface area (Å²) in [4.78, 5) is 4.63. The lowest BCUT2D eigenvalue weighted by Crippen LogP contribution is -2.69. The van der Waals surface area contributed by atoms with Crippen molar-refractivity contribution in [3.63, 3.8) is 0 Å². The summed E-state index contributed by atoms with van der Waals surface area (Å²) in [5.74, 6) is 2.76. The molecule has 1 saturated heterocycles. The molecule has 2 aliphatic carbocycles. The number of aliphatic imine (C=N–C) groups is 1. The number of fused-ring (bicyclic) bond motifs is 2. The summed E-state index contributed by atoms with van der Waals surface area (Å²) in [5.41, 5.74) is 0.286. The molecule has 0 bridgehead atoms. The van der Waals surface area contributed by atoms with E-state index in [1.165, 1.54) is 25.7 Å². The third-order valence-electron chi connectivity index (χ3n) is 6.43. The van der Waals surface area contributed by atoms with Crippen LogP contribution < -0.4 is 10.6 Å². The Kier molecular flexibility index (Phi) is 6.74. The molecule has 3 N–H and O–H groups in total. The first kappa shape index (κ1) is 20.9. The topological polar surface area (TPSA) is 79.0 Å². The molecule has 4 atom stereocenters. The van der Waals surface area contributed by atoms with Gasteiger partial charge in [0.15, 0.2) is 5.96 Å². The normalized spacial score (nSPS) is 29.7. The van der Waals surface area contributed by atoms with E-state index in [2.05, 4.69) is 22.5 Å². The van der Waals surface area contributed by atoms with Gasteiger partial charge in [-0.2, -0.15) is 0 Å². The van der Waals surface area contributed by atoms with Gasteiger partial charge in [-0.3, -0.25) is 4.99 Å². The van der Waals surface area contributed by atoms with Gasteiger partial charge in [-0.1, -0.05) is 12.8 Å². The van der Waals surface area contributed by atoms with E-state index in [-0.39, 0.29) is 35.9 Å². The van der Waals surface area contributed by atoms with Crippen molar-refractivity contribution in [3.8, 4) is 0 Å². The van der Waals surface area contributed by atoms with Crippen LogP contribution in [-0.4, -0.2) is 42.9 Å². The predicted molar refractivity (Wildman–Crippen MR) is 115 cm³/mol. The van der Waals surface area contributed by atoms with Crippen LogP contribution in [0.15, 0.2) is 21.5 Å². The lowest BCUT2D eigenvalue weighted by atomic mass is 9.54. The Balaban J connectivity index is 0.00000210. The molecule has 2 saturated carbocycles. The third kappa shape index (κ3) is 3.87. The second kappa shape index (κ2) is 8.69. The van der Waals surface area contributed by atoms with Gasteiger partial charge in [0.25, 0.3) is 0 Å². The lowest BCUT2D eigenvalue weighted by molar-refractivity contribution is -0.125. The molecular weight excluding hydrogens is 457 g/mol. The number of aryl methyl sites for hydroxylation is 1. The fourth-order valence-corrected chi connectivity index (χ4v) is 5.27. The number of nitrogens with one attached hydrogen (secondary N) is 2. The average Bonchev–Trinajstić information content (AvgIpc) is 3.36. The highest BCUT2D eigenvalue weighted by Crippen LogP contribution is 2.60. The number of guanidine groups is 1. The van der Waals surface area contributed by atoms with Crippen LogP contribution in [0.2, 0.25) is 0 Å². The van der Waals surface area contributed by atoms with Crippen molar-refractivity contribution in [1.82, 2.24) is 10.6 Å². The molecule has 27 heavy (non-hydrogen) atoms. The molecule has 1 spiro atoms. The first-order valence-corrected chi connectivity index (χ1v) is 10.0. The summed E-state index contributed by atoms with van der Waals surface area (Å²) in [6.07, 6.45) is 5.95. The maximum atomic E-state index is 10.3. The standard InChI is InChI=1S/C20H31N3O3.HI/c1-3-21-19(22-12-15(24)16-7-6-13(2)26-16)23-17-14-8-11-25-18(14)20(17)9-4-5-10-20;/h6-7,14-15,17-18,24H,3-5,8-12H2,1-2H3,(H2,21,22,23);1H. The molecule has 3 fully saturated rings. The van der Waals surface area contributed by atoms with Crippen LogP contribution in [-0.2, 0) is 4.74 Å². The number of ether oxygens (including phenoxy) is 1. The molecule has 1 aliphatic heterocycles. The largest absolute Gasteiger partial charge is 0.464 e. The molecule has 0 amide bonds. The number of aliphatic hydroxyl groups is 1. The lowest BCUT2D eigenvalue weighted by Gasteiger charge is -2.57. The minimum atomic E-state index is -0.719. The number of halogens is 1. The van der Waals surface area contributed by atoms with Gasteiger partial charge < -0.3 is 24.9 Å². The number of furan rings is 1. The highest BCUT2D eigenvalue weighted by atomic mass is 127. The van der Waals surface area contributed by atoms with E-state index in [1.807, 2.05) is 19.1 Å². The summed E-state index contributed by atoms with van der Waals surface area (Å²) in [5, 5.41) is 17.4. The predicted octanol–water partition coefficient (Wildman–Crippen LogP) is 3.14. The fraction of sp³-hybridized carbons (Fsp3) is 0.750. The van der Waals surface area contributed by atoms with Gasteiger partial charge in [0, 0.05) is 30.5 Å². The van der Waals surface area contributed by atoms with E-state index in [1.54, 1.807) is 0 Å². The summed E-state index contributed by atoms with van der Waals surface area (Å²) < 4.78 is 11.6. The summed E-state index contributed by atoms with van der Waals surface area (Å²) in [6, 6.07) is 4.11. The second-order valence-electron chi connectivity index (χ2n) is 7.99. The summed E-state index contributed by atoms with van der Waals surface area (Å²) in [7, 11) is 0. The van der Waals surface area contributed by atoms with Crippen LogP contribution >= 0.6 is 24.0 Å². The van der Waals surface area contributed by atoms with Gasteiger partial charge in [0.1, 0.15) is 17.6 Å². The zero-order valence-corrected chi connectivity index (χ0v) is 18.6. The molecular formula is C20H32IN3O3. The summed E-state index contributed by atoms with van der Waals surface area (Å²) in [6.45, 7) is 5.91. The zero-order chi connectivity index (χ0) is 18.1. The SMILES string of the molecule is CCNC(=NCC(O)c1ccc(C)o1)NC1C2CCOC2C12CCCC2.I. The van der Waals surface area contributed by atoms with Gasteiger partial charge in [-0.25, -0.2) is 0 Å². The van der Waals surface area contributed by atoms with Crippen LogP contribution in [0, 0.1) is 18.3 Å². The van der Waals surface area contributed by atoms with E-state index in [4.69, 9.17) is 9.15 Å². The zero-order valence-electron chi connectivity index (χ0n) is 16.2. The minimum absolute atomic E-state index is 0. The number of hydrogen-bond acceptors (Lipinski definition) is 4. The van der Waals surface area contributed by atoms with Gasteiger partial charge in [-0.15, -0.1) is 24.0 Å². The molecule has 1 aromatic rings. The number of nitrogens with zero attached hydrogens (tertiary/aromatic N) is 1. The Morgan fingerprint density at radius 1 is 1.37 bits per heavy atom. The Bertz CT molecular complexity index is 657. The highest BCUT2D eigenvalue weighted by Gasteiger charge is 2.65. The third-order valence-corrected chi connectivity index (χ3v) is 6.43. The van der Waals surface area contributed by atoms with Crippen LogP contribution in [0.4, 0.5) is 0 Å². The van der Waals surface area contributed by atoms with Crippen LogP contribution in [0.5, 0.6) is 0 Å². The Labute approximate surface area is 178 Å². The summed E-state index contributed by atoms with van der Waals surface area (Å²) >= 11 is 0. The van der Waals surface area contributed by atoms with Crippen molar-refractivity contribution >= 4 is 29.9 Å². The van der Waals surface area contributed by atoms with Gasteiger partial charge in [-0.05, 0) is 45.2 Å². The van der Waals surface area contributed by atoms with E-state index in [0.717, 1.165) is 31.3 Å². The van der Waals surface area contributed by atoms with Gasteiger partial charge in [0.2, 0.25) is 0 Å². The molecule has 3 aliphatic rings. The first-order valence-electron chi connectivity index (χ1n) is 10.0. The maximum Gasteiger partial charge on any atom is 0.191 e. The molecule has 152 valence electrons. The van der Waals surface area contributed by atoms with Crippen molar-refractivity contribution in [2.24, 2.45) is 16.3 Å². The van der Waals surface area contributed by atoms with Crippen molar-refractivity contribution in [2.45, 2.75) is 64.2 Å². The van der Waals surface area contributed by atoms with E-state index in [0.29, 0.717) is 23.8 Å². The Morgan fingerprint density at radius 3 is 2.81 bits per heavy atom. The monoisotopic (exact) mass is 489 g/mol. The quantitative estimate of drug-likeness (QED) is 0.337. The molecule has 4 rings (SSSR count). The molecule has 0 radical (unpaired) electrons. The van der Waals surface area contributed by atoms with Crippen molar-refractivity contribution in [2.75, 3.05) is 19.7 Å². The van der Waals surface area contributed by atoms with Gasteiger partial charge in [0.05, 0.1) is 12.6 Å². The molecule has 0 aromatic carbocycles. The van der Waals surface area contributed by atoms with Crippen LogP contribution in [0.1, 0.15) is 56.7 Å². The number of aliphatic hydroxyl groups excluding tert-OH is 1. The molecule has 7 heteroatoms. The van der Waals surface area contributed by atoms with Crippen LogP contribution in [0.25, 0.3) is 0 Å².